The van der Waals surface area contributed by atoms with Crippen molar-refractivity contribution in [3.63, 3.8) is 0 Å². The maximum Gasteiger partial charge on any atom is 0.431 e. The van der Waals surface area contributed by atoms with Crippen LogP contribution in [0, 0.1) is 0 Å². The molecule has 5 heteroatoms. The van der Waals surface area contributed by atoms with E-state index in [0.29, 0.717) is 10.9 Å². The van der Waals surface area contributed by atoms with Crippen LogP contribution in [0.25, 0.3) is 10.9 Å². The minimum atomic E-state index is -4.36. The Kier molecular flexibility index (Phi) is 1.96. The molecule has 0 saturated heterocycles. The predicted octanol–water partition coefficient (Wildman–Crippen LogP) is 3.84. The van der Waals surface area contributed by atoms with Crippen molar-refractivity contribution in [3.05, 3.63) is 35.0 Å². The van der Waals surface area contributed by atoms with Crippen LogP contribution in [0.5, 0.6) is 0 Å². The molecule has 1 aromatic heterocycles. The molecule has 0 spiro atoms. The SMILES string of the molecule is FC(F)(F)c1cc2cccc(Cl)c2[nH]1. The van der Waals surface area contributed by atoms with E-state index < -0.39 is 11.9 Å². The van der Waals surface area contributed by atoms with Crippen molar-refractivity contribution in [2.24, 2.45) is 0 Å². The van der Waals surface area contributed by atoms with E-state index in [4.69, 9.17) is 11.6 Å². The van der Waals surface area contributed by atoms with E-state index in [2.05, 4.69) is 4.98 Å². The first-order valence-electron chi connectivity index (χ1n) is 3.83. The Morgan fingerprint density at radius 1 is 1.21 bits per heavy atom. The summed E-state index contributed by atoms with van der Waals surface area (Å²) < 4.78 is 36.9. The van der Waals surface area contributed by atoms with Crippen molar-refractivity contribution in [2.45, 2.75) is 6.18 Å². The summed E-state index contributed by atoms with van der Waals surface area (Å²) in [4.78, 5) is 2.25. The van der Waals surface area contributed by atoms with Gasteiger partial charge in [0.05, 0.1) is 10.5 Å². The third-order valence-electron chi connectivity index (χ3n) is 1.91. The van der Waals surface area contributed by atoms with Crippen molar-refractivity contribution in [1.29, 1.82) is 0 Å². The van der Waals surface area contributed by atoms with Crippen molar-refractivity contribution < 1.29 is 13.2 Å². The van der Waals surface area contributed by atoms with Crippen LogP contribution < -0.4 is 0 Å². The van der Waals surface area contributed by atoms with E-state index in [1.165, 1.54) is 0 Å². The summed E-state index contributed by atoms with van der Waals surface area (Å²) in [5.41, 5.74) is -0.456. The third kappa shape index (κ3) is 1.46. The highest BCUT2D eigenvalue weighted by molar-refractivity contribution is 6.35. The summed E-state index contributed by atoms with van der Waals surface area (Å²) in [5, 5.41) is 0.753. The number of fused-ring (bicyclic) bond motifs is 1. The fourth-order valence-corrected chi connectivity index (χ4v) is 1.50. The summed E-state index contributed by atoms with van der Waals surface area (Å²) >= 11 is 5.72. The second-order valence-corrected chi connectivity index (χ2v) is 3.29. The minimum Gasteiger partial charge on any atom is -0.350 e. The monoisotopic (exact) mass is 219 g/mol. The molecule has 1 heterocycles. The molecule has 0 saturated carbocycles. The molecule has 74 valence electrons. The van der Waals surface area contributed by atoms with Crippen molar-refractivity contribution >= 4 is 22.5 Å². The Hall–Kier alpha value is -1.16. The Morgan fingerprint density at radius 3 is 2.50 bits per heavy atom. The molecule has 0 unspecified atom stereocenters. The summed E-state index contributed by atoms with van der Waals surface area (Å²) in [7, 11) is 0. The fraction of sp³-hybridized carbons (Fsp3) is 0.111. The second kappa shape index (κ2) is 2.92. The predicted molar refractivity (Wildman–Crippen MR) is 48.3 cm³/mol. The largest absolute Gasteiger partial charge is 0.431 e. The van der Waals surface area contributed by atoms with E-state index in [1.807, 2.05) is 0 Å². The lowest BCUT2D eigenvalue weighted by molar-refractivity contribution is -0.140. The van der Waals surface area contributed by atoms with Crippen LogP contribution >= 0.6 is 11.6 Å². The molecule has 1 aromatic carbocycles. The zero-order valence-corrected chi connectivity index (χ0v) is 7.58. The molecule has 0 amide bonds. The first-order chi connectivity index (χ1) is 6.48. The molecule has 0 aliphatic carbocycles. The summed E-state index contributed by atoms with van der Waals surface area (Å²) in [6, 6.07) is 5.77. The van der Waals surface area contributed by atoms with Crippen molar-refractivity contribution in [1.82, 2.24) is 4.98 Å². The van der Waals surface area contributed by atoms with Crippen LogP contribution in [-0.2, 0) is 6.18 Å². The molecule has 0 aliphatic rings. The number of benzene rings is 1. The van der Waals surface area contributed by atoms with Gasteiger partial charge in [0.1, 0.15) is 5.69 Å². The smallest absolute Gasteiger partial charge is 0.350 e. The highest BCUT2D eigenvalue weighted by Crippen LogP contribution is 2.32. The number of aromatic amines is 1. The van der Waals surface area contributed by atoms with Crippen LogP contribution in [0.15, 0.2) is 24.3 Å². The van der Waals surface area contributed by atoms with Gasteiger partial charge in [0, 0.05) is 5.39 Å². The number of halogens is 4. The molecule has 0 fully saturated rings. The average molecular weight is 220 g/mol. The molecule has 2 rings (SSSR count). The van der Waals surface area contributed by atoms with Crippen molar-refractivity contribution in [3.8, 4) is 0 Å². The maximum absolute atomic E-state index is 12.3. The molecule has 0 aliphatic heterocycles. The van der Waals surface area contributed by atoms with Crippen LogP contribution in [0.2, 0.25) is 5.02 Å². The molecule has 14 heavy (non-hydrogen) atoms. The Balaban J connectivity index is 2.69. The second-order valence-electron chi connectivity index (χ2n) is 2.88. The average Bonchev–Trinajstić information content (AvgIpc) is 2.48. The van der Waals surface area contributed by atoms with Crippen molar-refractivity contribution in [2.75, 3.05) is 0 Å². The number of H-pyrrole nitrogens is 1. The number of alkyl halides is 3. The number of nitrogens with one attached hydrogen (secondary N) is 1. The molecule has 1 N–H and O–H groups in total. The van der Waals surface area contributed by atoms with Crippen LogP contribution in [0.1, 0.15) is 5.69 Å². The van der Waals surface area contributed by atoms with E-state index in [-0.39, 0.29) is 5.02 Å². The van der Waals surface area contributed by atoms with Gasteiger partial charge in [0.15, 0.2) is 0 Å². The van der Waals surface area contributed by atoms with Gasteiger partial charge in [-0.3, -0.25) is 0 Å². The number of hydrogen-bond donors (Lipinski definition) is 1. The summed E-state index contributed by atoms with van der Waals surface area (Å²) in [6.45, 7) is 0. The topological polar surface area (TPSA) is 15.8 Å². The first kappa shape index (κ1) is 9.40. The molecule has 2 aromatic rings. The van der Waals surface area contributed by atoms with E-state index in [9.17, 15) is 13.2 Å². The zero-order chi connectivity index (χ0) is 10.3. The third-order valence-corrected chi connectivity index (χ3v) is 2.23. The number of aromatic nitrogens is 1. The maximum atomic E-state index is 12.3. The van der Waals surface area contributed by atoms with Gasteiger partial charge < -0.3 is 4.98 Å². The molecule has 0 atom stereocenters. The quantitative estimate of drug-likeness (QED) is 0.693. The van der Waals surface area contributed by atoms with Gasteiger partial charge in [-0.15, -0.1) is 0 Å². The fourth-order valence-electron chi connectivity index (χ4n) is 1.27. The highest BCUT2D eigenvalue weighted by Gasteiger charge is 2.32. The summed E-state index contributed by atoms with van der Waals surface area (Å²) in [6.07, 6.45) is -4.36. The van der Waals surface area contributed by atoms with Gasteiger partial charge in [-0.25, -0.2) is 0 Å². The summed E-state index contributed by atoms with van der Waals surface area (Å²) in [5.74, 6) is 0. The molecule has 1 nitrogen and oxygen atoms in total. The van der Waals surface area contributed by atoms with Crippen LogP contribution in [0.4, 0.5) is 13.2 Å². The highest BCUT2D eigenvalue weighted by atomic mass is 35.5. The van der Waals surface area contributed by atoms with Gasteiger partial charge in [0.25, 0.3) is 0 Å². The Labute approximate surface area is 82.5 Å². The standard InChI is InChI=1S/C9H5ClF3N/c10-6-3-1-2-5-4-7(9(11,12)13)14-8(5)6/h1-4,14H. The van der Waals surface area contributed by atoms with Gasteiger partial charge in [-0.05, 0) is 12.1 Å². The minimum absolute atomic E-state index is 0.290. The van der Waals surface area contributed by atoms with E-state index in [1.54, 1.807) is 18.2 Å². The van der Waals surface area contributed by atoms with E-state index >= 15 is 0 Å². The van der Waals surface area contributed by atoms with Gasteiger partial charge in [-0.2, -0.15) is 13.2 Å². The number of para-hydroxylation sites is 1. The molecule has 0 bridgehead atoms. The molecule has 0 radical (unpaired) electrons. The van der Waals surface area contributed by atoms with Gasteiger partial charge in [-0.1, -0.05) is 23.7 Å². The lowest BCUT2D eigenvalue weighted by atomic mass is 10.2. The lowest BCUT2D eigenvalue weighted by Gasteiger charge is -2.00. The van der Waals surface area contributed by atoms with Gasteiger partial charge in [0.2, 0.25) is 0 Å². The first-order valence-corrected chi connectivity index (χ1v) is 4.21. The number of hydrogen-bond acceptors (Lipinski definition) is 0. The van der Waals surface area contributed by atoms with Crippen LogP contribution in [0.3, 0.4) is 0 Å². The van der Waals surface area contributed by atoms with Crippen LogP contribution in [-0.4, -0.2) is 4.98 Å². The molecular formula is C9H5ClF3N. The number of rotatable bonds is 0. The zero-order valence-electron chi connectivity index (χ0n) is 6.82. The van der Waals surface area contributed by atoms with Gasteiger partial charge >= 0.3 is 6.18 Å². The molecular weight excluding hydrogens is 215 g/mol. The van der Waals surface area contributed by atoms with E-state index in [0.717, 1.165) is 6.07 Å². The Morgan fingerprint density at radius 2 is 1.93 bits per heavy atom. The Bertz CT molecular complexity index is 472. The normalized spacial score (nSPS) is 12.3. The lowest BCUT2D eigenvalue weighted by Crippen LogP contribution is -2.04.